The van der Waals surface area contributed by atoms with Crippen LogP contribution in [0.5, 0.6) is 0 Å². The fourth-order valence-corrected chi connectivity index (χ4v) is 3.95. The second-order valence-electron chi connectivity index (χ2n) is 5.97. The Hall–Kier alpha value is -2.74. The first kappa shape index (κ1) is 15.8. The van der Waals surface area contributed by atoms with E-state index in [1.165, 1.54) is 21.2 Å². The normalized spacial score (nSPS) is 19.2. The highest BCUT2D eigenvalue weighted by atomic mass is 32.1. The molecule has 8 heteroatoms. The monoisotopic (exact) mass is 355 g/mol. The number of aryl methyl sites for hydroxylation is 2. The number of nitrogens with one attached hydrogen (secondary N) is 2. The van der Waals surface area contributed by atoms with Crippen LogP contribution in [0.15, 0.2) is 35.3 Å². The number of carbonyl (C=O) groups excluding carboxylic acids is 2. The summed E-state index contributed by atoms with van der Waals surface area (Å²) in [5.41, 5.74) is 4.56. The van der Waals surface area contributed by atoms with Crippen LogP contribution >= 0.6 is 11.3 Å². The maximum Gasteiger partial charge on any atom is 0.294 e. The standard InChI is InChI=1S/C17H17N5O2S/c1-10-16(24)22(11-6-3-2-4-7-11)21-14(18-10)15(23)20-17-19-12-8-5-9-13(12)25-17/h2-4,6-7,10H,5,8-9H2,1H3,(H,18,21)(H,19,20,23)/t10-/m0/s1. The summed E-state index contributed by atoms with van der Waals surface area (Å²) in [4.78, 5) is 34.8. The number of aliphatic imine (C=N–C) groups is 1. The lowest BCUT2D eigenvalue weighted by Crippen LogP contribution is -2.57. The molecule has 1 aliphatic carbocycles. The van der Waals surface area contributed by atoms with E-state index in [9.17, 15) is 9.59 Å². The highest BCUT2D eigenvalue weighted by Gasteiger charge is 2.31. The van der Waals surface area contributed by atoms with E-state index < -0.39 is 11.9 Å². The fourth-order valence-electron chi connectivity index (χ4n) is 2.90. The van der Waals surface area contributed by atoms with Gasteiger partial charge in [-0.15, -0.1) is 11.3 Å². The number of hydrogen-bond donors (Lipinski definition) is 2. The van der Waals surface area contributed by atoms with Crippen LogP contribution in [0.2, 0.25) is 0 Å². The molecular weight excluding hydrogens is 338 g/mol. The first-order chi connectivity index (χ1) is 12.1. The van der Waals surface area contributed by atoms with Gasteiger partial charge in [0.2, 0.25) is 5.84 Å². The third-order valence-electron chi connectivity index (χ3n) is 4.16. The molecule has 2 N–H and O–H groups in total. The van der Waals surface area contributed by atoms with Crippen molar-refractivity contribution in [3.63, 3.8) is 0 Å². The Morgan fingerprint density at radius 3 is 2.88 bits per heavy atom. The van der Waals surface area contributed by atoms with Crippen LogP contribution in [-0.4, -0.2) is 28.7 Å². The zero-order valence-electron chi connectivity index (χ0n) is 13.7. The van der Waals surface area contributed by atoms with Crippen molar-refractivity contribution in [2.75, 3.05) is 10.3 Å². The molecule has 0 radical (unpaired) electrons. The molecule has 0 bridgehead atoms. The molecule has 25 heavy (non-hydrogen) atoms. The molecule has 4 rings (SSSR count). The summed E-state index contributed by atoms with van der Waals surface area (Å²) in [7, 11) is 0. The van der Waals surface area contributed by atoms with Crippen molar-refractivity contribution in [1.29, 1.82) is 0 Å². The van der Waals surface area contributed by atoms with E-state index in [0.29, 0.717) is 10.8 Å². The predicted molar refractivity (Wildman–Crippen MR) is 96.7 cm³/mol. The molecule has 0 saturated carbocycles. The van der Waals surface area contributed by atoms with Crippen LogP contribution in [0.4, 0.5) is 10.8 Å². The molecule has 2 aromatic rings. The molecule has 1 aromatic heterocycles. The quantitative estimate of drug-likeness (QED) is 0.880. The molecule has 0 spiro atoms. The van der Waals surface area contributed by atoms with Crippen LogP contribution in [0, 0.1) is 0 Å². The van der Waals surface area contributed by atoms with Gasteiger partial charge in [-0.1, -0.05) is 18.2 Å². The van der Waals surface area contributed by atoms with Gasteiger partial charge in [0.15, 0.2) is 5.13 Å². The number of amidine groups is 1. The van der Waals surface area contributed by atoms with Crippen molar-refractivity contribution in [2.24, 2.45) is 4.99 Å². The number of fused-ring (bicyclic) bond motifs is 1. The van der Waals surface area contributed by atoms with Gasteiger partial charge in [-0.05, 0) is 38.3 Å². The number of hydrazine groups is 1. The van der Waals surface area contributed by atoms with Crippen molar-refractivity contribution >= 4 is 39.8 Å². The molecule has 2 amide bonds. The summed E-state index contributed by atoms with van der Waals surface area (Å²) in [5, 5.41) is 4.72. The fraction of sp³-hybridized carbons (Fsp3) is 0.294. The topological polar surface area (TPSA) is 86.7 Å². The van der Waals surface area contributed by atoms with Gasteiger partial charge in [-0.25, -0.2) is 15.0 Å². The lowest BCUT2D eigenvalue weighted by Gasteiger charge is -2.30. The molecule has 0 fully saturated rings. The van der Waals surface area contributed by atoms with Crippen molar-refractivity contribution in [1.82, 2.24) is 10.4 Å². The smallest absolute Gasteiger partial charge is 0.294 e. The highest BCUT2D eigenvalue weighted by Crippen LogP contribution is 2.30. The summed E-state index contributed by atoms with van der Waals surface area (Å²) in [6.45, 7) is 1.67. The van der Waals surface area contributed by atoms with Gasteiger partial charge in [0.1, 0.15) is 6.04 Å². The summed E-state index contributed by atoms with van der Waals surface area (Å²) < 4.78 is 0. The molecule has 0 unspecified atom stereocenters. The van der Waals surface area contributed by atoms with E-state index in [2.05, 4.69) is 20.7 Å². The van der Waals surface area contributed by atoms with E-state index in [1.807, 2.05) is 18.2 Å². The van der Waals surface area contributed by atoms with Crippen LogP contribution in [0.3, 0.4) is 0 Å². The summed E-state index contributed by atoms with van der Waals surface area (Å²) in [6, 6.07) is 8.48. The Labute approximate surface area is 148 Å². The van der Waals surface area contributed by atoms with Gasteiger partial charge in [-0.3, -0.25) is 20.3 Å². The van der Waals surface area contributed by atoms with E-state index in [0.717, 1.165) is 25.0 Å². The Kier molecular flexibility index (Phi) is 3.96. The van der Waals surface area contributed by atoms with Crippen LogP contribution in [-0.2, 0) is 22.4 Å². The number of carbonyl (C=O) groups is 2. The lowest BCUT2D eigenvalue weighted by atomic mass is 10.2. The summed E-state index contributed by atoms with van der Waals surface area (Å²) >= 11 is 1.51. The maximum atomic E-state index is 12.5. The molecular formula is C17H17N5O2S. The SMILES string of the molecule is C[C@@H]1N=C(C(=O)Nc2nc3c(s2)CCC3)NN(c2ccccc2)C1=O. The van der Waals surface area contributed by atoms with Crippen molar-refractivity contribution < 1.29 is 9.59 Å². The summed E-state index contributed by atoms with van der Waals surface area (Å²) in [5.74, 6) is -0.505. The van der Waals surface area contributed by atoms with E-state index in [-0.39, 0.29) is 11.7 Å². The van der Waals surface area contributed by atoms with Crippen LogP contribution < -0.4 is 15.8 Å². The number of aromatic nitrogens is 1. The van der Waals surface area contributed by atoms with Crippen molar-refractivity contribution in [3.8, 4) is 0 Å². The van der Waals surface area contributed by atoms with Crippen molar-refractivity contribution in [3.05, 3.63) is 40.9 Å². The van der Waals surface area contributed by atoms with E-state index >= 15 is 0 Å². The minimum atomic E-state index is -0.636. The minimum absolute atomic E-state index is 0.103. The van der Waals surface area contributed by atoms with Gasteiger partial charge in [0, 0.05) is 4.88 Å². The average molecular weight is 355 g/mol. The number of benzene rings is 1. The number of anilines is 2. The van der Waals surface area contributed by atoms with Gasteiger partial charge in [0.25, 0.3) is 11.8 Å². The molecule has 2 aliphatic rings. The first-order valence-corrected chi connectivity index (χ1v) is 8.97. The number of nitrogens with zero attached hydrogens (tertiary/aromatic N) is 3. The van der Waals surface area contributed by atoms with E-state index in [4.69, 9.17) is 0 Å². The third kappa shape index (κ3) is 3.00. The molecule has 1 atom stereocenters. The molecule has 7 nitrogen and oxygen atoms in total. The van der Waals surface area contributed by atoms with Crippen LogP contribution in [0.25, 0.3) is 0 Å². The molecule has 128 valence electrons. The number of rotatable bonds is 3. The Balaban J connectivity index is 1.53. The minimum Gasteiger partial charge on any atom is -0.295 e. The van der Waals surface area contributed by atoms with Gasteiger partial charge in [-0.2, -0.15) is 0 Å². The molecule has 1 aromatic carbocycles. The van der Waals surface area contributed by atoms with E-state index in [1.54, 1.807) is 19.1 Å². The second kappa shape index (κ2) is 6.29. The number of thiazole rings is 1. The van der Waals surface area contributed by atoms with Gasteiger partial charge in [0.05, 0.1) is 11.4 Å². The second-order valence-corrected chi connectivity index (χ2v) is 7.05. The molecule has 2 heterocycles. The maximum absolute atomic E-state index is 12.5. The molecule has 1 aliphatic heterocycles. The Morgan fingerprint density at radius 2 is 2.12 bits per heavy atom. The highest BCUT2D eigenvalue weighted by molar-refractivity contribution is 7.16. The zero-order valence-corrected chi connectivity index (χ0v) is 14.5. The Morgan fingerprint density at radius 1 is 1.32 bits per heavy atom. The van der Waals surface area contributed by atoms with Gasteiger partial charge < -0.3 is 0 Å². The third-order valence-corrected chi connectivity index (χ3v) is 5.24. The van der Waals surface area contributed by atoms with Crippen molar-refractivity contribution in [2.45, 2.75) is 32.2 Å². The number of hydrogen-bond acceptors (Lipinski definition) is 6. The van der Waals surface area contributed by atoms with Gasteiger partial charge >= 0.3 is 0 Å². The predicted octanol–water partition coefficient (Wildman–Crippen LogP) is 1.91. The lowest BCUT2D eigenvalue weighted by molar-refractivity contribution is -0.120. The zero-order chi connectivity index (χ0) is 17.4. The Bertz CT molecular complexity index is 840. The summed E-state index contributed by atoms with van der Waals surface area (Å²) in [6.07, 6.45) is 3.12. The average Bonchev–Trinajstić information content (AvgIpc) is 3.19. The molecule has 0 saturated heterocycles. The van der Waals surface area contributed by atoms with Crippen LogP contribution in [0.1, 0.15) is 23.9 Å². The number of para-hydroxylation sites is 1. The first-order valence-electron chi connectivity index (χ1n) is 8.15. The number of amides is 2. The largest absolute Gasteiger partial charge is 0.295 e.